The minimum absolute atomic E-state index is 0.638. The maximum atomic E-state index is 5.95. The van der Waals surface area contributed by atoms with E-state index in [9.17, 15) is 0 Å². The molecule has 0 atom stereocenters. The van der Waals surface area contributed by atoms with E-state index in [-0.39, 0.29) is 0 Å². The summed E-state index contributed by atoms with van der Waals surface area (Å²) in [5.74, 6) is 0. The summed E-state index contributed by atoms with van der Waals surface area (Å²) in [6, 6.07) is 8.93. The summed E-state index contributed by atoms with van der Waals surface area (Å²) in [7, 11) is 0. The highest BCUT2D eigenvalue weighted by molar-refractivity contribution is 7.16. The van der Waals surface area contributed by atoms with E-state index in [2.05, 4.69) is 33.4 Å². The van der Waals surface area contributed by atoms with Gasteiger partial charge in [0.15, 0.2) is 0 Å². The van der Waals surface area contributed by atoms with Crippen LogP contribution in [-0.2, 0) is 6.42 Å². The van der Waals surface area contributed by atoms with Gasteiger partial charge in [0.2, 0.25) is 0 Å². The second-order valence-electron chi connectivity index (χ2n) is 5.38. The van der Waals surface area contributed by atoms with Gasteiger partial charge in [0.1, 0.15) is 0 Å². The third kappa shape index (κ3) is 4.19. The van der Waals surface area contributed by atoms with Gasteiger partial charge >= 0.3 is 0 Å². The normalized spacial score (nSPS) is 16.3. The first-order chi connectivity index (χ1) is 10.3. The predicted molar refractivity (Wildman–Crippen MR) is 90.5 cm³/mol. The average Bonchev–Trinajstić information content (AvgIpc) is 2.94. The molecule has 21 heavy (non-hydrogen) atoms. The number of piperidine rings is 1. The largest absolute Gasteiger partial charge is 0.371 e. The summed E-state index contributed by atoms with van der Waals surface area (Å²) in [6.07, 6.45) is 7.21. The molecule has 112 valence electrons. The van der Waals surface area contributed by atoms with Crippen molar-refractivity contribution < 1.29 is 0 Å². The van der Waals surface area contributed by atoms with Gasteiger partial charge in [0.05, 0.1) is 4.34 Å². The summed E-state index contributed by atoms with van der Waals surface area (Å²) in [4.78, 5) is 7.88. The molecule has 1 fully saturated rings. The summed E-state index contributed by atoms with van der Waals surface area (Å²) < 4.78 is 0.885. The highest BCUT2D eigenvalue weighted by Gasteiger charge is 2.18. The van der Waals surface area contributed by atoms with Crippen molar-refractivity contribution in [2.75, 3.05) is 24.5 Å². The number of nitrogens with zero attached hydrogens (tertiary/aromatic N) is 2. The van der Waals surface area contributed by atoms with Gasteiger partial charge in [-0.1, -0.05) is 11.6 Å². The number of thiophene rings is 1. The van der Waals surface area contributed by atoms with Crippen LogP contribution >= 0.6 is 22.9 Å². The van der Waals surface area contributed by atoms with Gasteiger partial charge in [-0.2, -0.15) is 0 Å². The van der Waals surface area contributed by atoms with E-state index in [1.807, 2.05) is 18.5 Å². The zero-order valence-electron chi connectivity index (χ0n) is 12.0. The van der Waals surface area contributed by atoms with E-state index < -0.39 is 0 Å². The molecule has 0 unspecified atom stereocenters. The first kappa shape index (κ1) is 14.8. The zero-order chi connectivity index (χ0) is 14.5. The van der Waals surface area contributed by atoms with E-state index in [1.54, 1.807) is 11.3 Å². The van der Waals surface area contributed by atoms with Crippen molar-refractivity contribution in [1.82, 2.24) is 10.3 Å². The Labute approximate surface area is 135 Å². The van der Waals surface area contributed by atoms with Crippen molar-refractivity contribution in [3.8, 4) is 0 Å². The van der Waals surface area contributed by atoms with Crippen molar-refractivity contribution in [2.24, 2.45) is 0 Å². The van der Waals surface area contributed by atoms with Crippen LogP contribution in [0.15, 0.2) is 36.7 Å². The monoisotopic (exact) mass is 321 g/mol. The fourth-order valence-corrected chi connectivity index (χ4v) is 3.87. The van der Waals surface area contributed by atoms with Gasteiger partial charge in [-0.3, -0.25) is 4.98 Å². The van der Waals surface area contributed by atoms with E-state index in [0.29, 0.717) is 6.04 Å². The minimum Gasteiger partial charge on any atom is -0.371 e. The van der Waals surface area contributed by atoms with Crippen molar-refractivity contribution in [3.05, 3.63) is 45.9 Å². The Balaban J connectivity index is 1.40. The molecule has 0 bridgehead atoms. The fraction of sp³-hybridized carbons (Fsp3) is 0.438. The average molecular weight is 322 g/mol. The second-order valence-corrected chi connectivity index (χ2v) is 7.18. The van der Waals surface area contributed by atoms with Crippen LogP contribution in [0.2, 0.25) is 4.34 Å². The minimum atomic E-state index is 0.638. The van der Waals surface area contributed by atoms with Crippen LogP contribution in [0.5, 0.6) is 0 Å². The van der Waals surface area contributed by atoms with Crippen LogP contribution in [0.4, 0.5) is 5.69 Å². The van der Waals surface area contributed by atoms with Gasteiger partial charge < -0.3 is 10.2 Å². The van der Waals surface area contributed by atoms with Crippen LogP contribution in [-0.4, -0.2) is 30.7 Å². The van der Waals surface area contributed by atoms with Gasteiger partial charge in [-0.15, -0.1) is 11.3 Å². The van der Waals surface area contributed by atoms with Crippen molar-refractivity contribution in [3.63, 3.8) is 0 Å². The number of rotatable bonds is 5. The lowest BCUT2D eigenvalue weighted by molar-refractivity contribution is 0.418. The first-order valence-corrected chi connectivity index (χ1v) is 8.63. The van der Waals surface area contributed by atoms with Gasteiger partial charge in [-0.05, 0) is 43.5 Å². The lowest BCUT2D eigenvalue weighted by Crippen LogP contribution is -2.43. The molecule has 3 heterocycles. The van der Waals surface area contributed by atoms with Crippen LogP contribution in [0.3, 0.4) is 0 Å². The topological polar surface area (TPSA) is 28.2 Å². The zero-order valence-corrected chi connectivity index (χ0v) is 13.5. The number of hydrogen-bond acceptors (Lipinski definition) is 4. The van der Waals surface area contributed by atoms with Gasteiger partial charge in [0, 0.05) is 48.6 Å². The van der Waals surface area contributed by atoms with Crippen LogP contribution < -0.4 is 10.2 Å². The summed E-state index contributed by atoms with van der Waals surface area (Å²) in [5.41, 5.74) is 1.29. The Hall–Kier alpha value is -1.10. The molecular weight excluding hydrogens is 302 g/mol. The summed E-state index contributed by atoms with van der Waals surface area (Å²) in [5, 5.41) is 3.68. The quantitative estimate of drug-likeness (QED) is 0.912. The molecule has 1 aliphatic rings. The van der Waals surface area contributed by atoms with E-state index in [0.717, 1.165) is 30.4 Å². The molecule has 0 saturated carbocycles. The summed E-state index contributed by atoms with van der Waals surface area (Å²) >= 11 is 7.63. The Kier molecular flexibility index (Phi) is 5.12. The molecule has 0 aromatic carbocycles. The molecule has 0 amide bonds. The molecule has 1 N–H and O–H groups in total. The lowest BCUT2D eigenvalue weighted by atomic mass is 10.0. The molecule has 5 heteroatoms. The van der Waals surface area contributed by atoms with Crippen molar-refractivity contribution in [2.45, 2.75) is 25.3 Å². The lowest BCUT2D eigenvalue weighted by Gasteiger charge is -2.34. The van der Waals surface area contributed by atoms with Crippen LogP contribution in [0.25, 0.3) is 0 Å². The smallest absolute Gasteiger partial charge is 0.0931 e. The first-order valence-electron chi connectivity index (χ1n) is 7.44. The standard InChI is InChI=1S/C16H20ClN3S/c17-16-2-1-15(21-16)5-10-19-13-6-11-20(12-7-13)14-3-8-18-9-4-14/h1-4,8-9,13,19H,5-7,10-12H2. The second kappa shape index (κ2) is 7.25. The number of nitrogens with one attached hydrogen (secondary N) is 1. The summed E-state index contributed by atoms with van der Waals surface area (Å²) in [6.45, 7) is 3.27. The molecule has 0 spiro atoms. The van der Waals surface area contributed by atoms with E-state index in [1.165, 1.54) is 23.4 Å². The van der Waals surface area contributed by atoms with Gasteiger partial charge in [-0.25, -0.2) is 0 Å². The molecule has 1 saturated heterocycles. The fourth-order valence-electron chi connectivity index (χ4n) is 2.78. The molecule has 3 rings (SSSR count). The Morgan fingerprint density at radius 1 is 1.19 bits per heavy atom. The molecule has 1 aliphatic heterocycles. The third-order valence-corrected chi connectivity index (χ3v) is 5.25. The molecule has 3 nitrogen and oxygen atoms in total. The SMILES string of the molecule is Clc1ccc(CCNC2CCN(c3ccncc3)CC2)s1. The maximum absolute atomic E-state index is 5.95. The van der Waals surface area contributed by atoms with Crippen LogP contribution in [0.1, 0.15) is 17.7 Å². The van der Waals surface area contributed by atoms with Crippen molar-refractivity contribution in [1.29, 1.82) is 0 Å². The van der Waals surface area contributed by atoms with Crippen molar-refractivity contribution >= 4 is 28.6 Å². The molecule has 2 aromatic heterocycles. The number of halogens is 1. The maximum Gasteiger partial charge on any atom is 0.0931 e. The van der Waals surface area contributed by atoms with E-state index in [4.69, 9.17) is 11.6 Å². The molecule has 2 aromatic rings. The Bertz CT molecular complexity index is 550. The molecular formula is C16H20ClN3S. The number of aromatic nitrogens is 1. The highest BCUT2D eigenvalue weighted by atomic mass is 35.5. The Morgan fingerprint density at radius 2 is 1.95 bits per heavy atom. The van der Waals surface area contributed by atoms with E-state index >= 15 is 0 Å². The predicted octanol–water partition coefficient (Wildman–Crippen LogP) is 3.60. The van der Waals surface area contributed by atoms with Crippen LogP contribution in [0, 0.1) is 0 Å². The third-order valence-electron chi connectivity index (χ3n) is 3.96. The Morgan fingerprint density at radius 3 is 2.62 bits per heavy atom. The molecule has 0 aliphatic carbocycles. The molecule has 0 radical (unpaired) electrons. The number of hydrogen-bond donors (Lipinski definition) is 1. The highest BCUT2D eigenvalue weighted by Crippen LogP contribution is 2.22. The van der Waals surface area contributed by atoms with Gasteiger partial charge in [0.25, 0.3) is 0 Å². The number of pyridine rings is 1. The number of anilines is 1.